The molecule has 0 atom stereocenters. The van der Waals surface area contributed by atoms with Crippen LogP contribution < -0.4 is 5.32 Å². The minimum atomic E-state index is -0.234. The van der Waals surface area contributed by atoms with Crippen LogP contribution in [0.5, 0.6) is 0 Å². The lowest BCUT2D eigenvalue weighted by atomic mass is 9.98. The van der Waals surface area contributed by atoms with Gasteiger partial charge in [-0.2, -0.15) is 0 Å². The van der Waals surface area contributed by atoms with E-state index >= 15 is 0 Å². The lowest BCUT2D eigenvalue weighted by Gasteiger charge is -2.27. The highest BCUT2D eigenvalue weighted by atomic mass is 16.3. The molecule has 5 nitrogen and oxygen atoms in total. The minimum absolute atomic E-state index is 0.0238. The molecule has 3 aromatic rings. The molecule has 0 saturated heterocycles. The zero-order valence-corrected chi connectivity index (χ0v) is 16.7. The Morgan fingerprint density at radius 1 is 0.931 bits per heavy atom. The average Bonchev–Trinajstić information content (AvgIpc) is 3.28. The molecule has 0 aliphatic carbocycles. The van der Waals surface area contributed by atoms with E-state index < -0.39 is 0 Å². The monoisotopic (exact) mass is 390 g/mol. The Morgan fingerprint density at radius 2 is 1.52 bits per heavy atom. The maximum atomic E-state index is 12.8. The summed E-state index contributed by atoms with van der Waals surface area (Å²) in [6.07, 6.45) is 3.12. The number of amides is 2. The van der Waals surface area contributed by atoms with Crippen LogP contribution in [0.2, 0.25) is 0 Å². The van der Waals surface area contributed by atoms with Crippen molar-refractivity contribution in [1.82, 2.24) is 10.2 Å². The van der Waals surface area contributed by atoms with Gasteiger partial charge >= 0.3 is 0 Å². The van der Waals surface area contributed by atoms with Crippen LogP contribution in [0, 0.1) is 0 Å². The van der Waals surface area contributed by atoms with Crippen molar-refractivity contribution < 1.29 is 14.0 Å². The summed E-state index contributed by atoms with van der Waals surface area (Å²) in [7, 11) is 0. The maximum Gasteiger partial charge on any atom is 0.257 e. The van der Waals surface area contributed by atoms with E-state index in [0.29, 0.717) is 12.1 Å². The van der Waals surface area contributed by atoms with E-state index in [1.807, 2.05) is 74.5 Å². The van der Waals surface area contributed by atoms with Gasteiger partial charge in [0, 0.05) is 19.0 Å². The van der Waals surface area contributed by atoms with Crippen LogP contribution in [0.3, 0.4) is 0 Å². The molecule has 0 bridgehead atoms. The fourth-order valence-electron chi connectivity index (χ4n) is 3.25. The molecule has 0 radical (unpaired) electrons. The molecule has 1 heterocycles. The van der Waals surface area contributed by atoms with Gasteiger partial charge in [-0.25, -0.2) is 0 Å². The third-order valence-corrected chi connectivity index (χ3v) is 4.80. The molecule has 5 heteroatoms. The van der Waals surface area contributed by atoms with E-state index in [2.05, 4.69) is 5.32 Å². The zero-order chi connectivity index (χ0) is 20.6. The molecule has 0 saturated carbocycles. The van der Waals surface area contributed by atoms with Gasteiger partial charge < -0.3 is 14.6 Å². The number of nitrogens with one attached hydrogen (secondary N) is 1. The number of hydrogen-bond acceptors (Lipinski definition) is 3. The Labute approximate surface area is 171 Å². The highest BCUT2D eigenvalue weighted by molar-refractivity contribution is 5.94. The number of carbonyl (C=O) groups excluding carboxylic acids is 2. The van der Waals surface area contributed by atoms with Gasteiger partial charge in [-0.05, 0) is 31.0 Å². The molecule has 2 amide bonds. The van der Waals surface area contributed by atoms with Crippen molar-refractivity contribution in [3.05, 3.63) is 95.9 Å². The summed E-state index contributed by atoms with van der Waals surface area (Å²) in [6.45, 7) is 4.21. The second kappa shape index (κ2) is 9.73. The summed E-state index contributed by atoms with van der Waals surface area (Å²) >= 11 is 0. The van der Waals surface area contributed by atoms with Crippen LogP contribution in [0.25, 0.3) is 0 Å². The van der Waals surface area contributed by atoms with Gasteiger partial charge in [0.05, 0.1) is 17.9 Å². The summed E-state index contributed by atoms with van der Waals surface area (Å²) in [5.41, 5.74) is 2.52. The SMILES string of the molecule is CC(C)N(CCC(=O)NC(c1ccccc1)c1ccccc1)C(=O)c1ccoc1. The second-order valence-electron chi connectivity index (χ2n) is 7.18. The van der Waals surface area contributed by atoms with Gasteiger partial charge in [0.1, 0.15) is 6.26 Å². The van der Waals surface area contributed by atoms with E-state index in [9.17, 15) is 9.59 Å². The fraction of sp³-hybridized carbons (Fsp3) is 0.250. The van der Waals surface area contributed by atoms with Gasteiger partial charge in [0.2, 0.25) is 5.91 Å². The summed E-state index contributed by atoms with van der Waals surface area (Å²) in [4.78, 5) is 27.1. The van der Waals surface area contributed by atoms with Crippen molar-refractivity contribution in [3.63, 3.8) is 0 Å². The third-order valence-electron chi connectivity index (χ3n) is 4.80. The standard InChI is InChI=1S/C24H26N2O3/c1-18(2)26(24(28)21-14-16-29-17-21)15-13-22(27)25-23(19-9-5-3-6-10-19)20-11-7-4-8-12-20/h3-12,14,16-18,23H,13,15H2,1-2H3,(H,25,27). The Hall–Kier alpha value is -3.34. The number of rotatable bonds is 8. The minimum Gasteiger partial charge on any atom is -0.472 e. The van der Waals surface area contributed by atoms with Crippen LogP contribution in [-0.2, 0) is 4.79 Å². The molecule has 1 N–H and O–H groups in total. The number of benzene rings is 2. The largest absolute Gasteiger partial charge is 0.472 e. The second-order valence-corrected chi connectivity index (χ2v) is 7.18. The van der Waals surface area contributed by atoms with E-state index in [1.165, 1.54) is 12.5 Å². The molecule has 0 unspecified atom stereocenters. The Kier molecular flexibility index (Phi) is 6.85. The topological polar surface area (TPSA) is 62.6 Å². The lowest BCUT2D eigenvalue weighted by Crippen LogP contribution is -2.40. The van der Waals surface area contributed by atoms with Crippen LogP contribution in [0.1, 0.15) is 47.8 Å². The summed E-state index contributed by atoms with van der Waals surface area (Å²) in [5, 5.41) is 3.12. The zero-order valence-electron chi connectivity index (χ0n) is 16.7. The van der Waals surface area contributed by atoms with Crippen molar-refractivity contribution >= 4 is 11.8 Å². The van der Waals surface area contributed by atoms with Crippen LogP contribution in [0.4, 0.5) is 0 Å². The Balaban J connectivity index is 1.69. The molecule has 0 aliphatic heterocycles. The van der Waals surface area contributed by atoms with Gasteiger partial charge in [-0.3, -0.25) is 9.59 Å². The quantitative estimate of drug-likeness (QED) is 0.619. The van der Waals surface area contributed by atoms with Crippen LogP contribution in [-0.4, -0.2) is 29.3 Å². The normalized spacial score (nSPS) is 10.9. The third kappa shape index (κ3) is 5.35. The first-order valence-electron chi connectivity index (χ1n) is 9.78. The van der Waals surface area contributed by atoms with Gasteiger partial charge in [0.15, 0.2) is 0 Å². The van der Waals surface area contributed by atoms with Gasteiger partial charge in [-0.1, -0.05) is 60.7 Å². The van der Waals surface area contributed by atoms with E-state index in [1.54, 1.807) is 11.0 Å². The number of hydrogen-bond donors (Lipinski definition) is 1. The maximum absolute atomic E-state index is 12.8. The van der Waals surface area contributed by atoms with Crippen LogP contribution in [0.15, 0.2) is 83.7 Å². The number of nitrogens with zero attached hydrogens (tertiary/aromatic N) is 1. The first-order chi connectivity index (χ1) is 14.1. The summed E-state index contributed by atoms with van der Waals surface area (Å²) < 4.78 is 5.01. The smallest absolute Gasteiger partial charge is 0.257 e. The Morgan fingerprint density at radius 3 is 2.00 bits per heavy atom. The van der Waals surface area contributed by atoms with E-state index in [-0.39, 0.29) is 30.3 Å². The fourth-order valence-corrected chi connectivity index (χ4v) is 3.25. The predicted molar refractivity (Wildman–Crippen MR) is 112 cm³/mol. The van der Waals surface area contributed by atoms with Gasteiger partial charge in [-0.15, -0.1) is 0 Å². The van der Waals surface area contributed by atoms with E-state index in [0.717, 1.165) is 11.1 Å². The molecule has 0 fully saturated rings. The highest BCUT2D eigenvalue weighted by Gasteiger charge is 2.22. The molecule has 150 valence electrons. The van der Waals surface area contributed by atoms with Crippen molar-refractivity contribution in [3.8, 4) is 0 Å². The van der Waals surface area contributed by atoms with Crippen LogP contribution >= 0.6 is 0 Å². The highest BCUT2D eigenvalue weighted by Crippen LogP contribution is 2.22. The van der Waals surface area contributed by atoms with Crippen molar-refractivity contribution in [2.45, 2.75) is 32.4 Å². The molecule has 0 aliphatic rings. The summed E-state index contributed by atoms with van der Waals surface area (Å²) in [6, 6.07) is 21.1. The number of carbonyl (C=O) groups is 2. The predicted octanol–water partition coefficient (Wildman–Crippen LogP) is 4.43. The molecule has 0 spiro atoms. The first kappa shape index (κ1) is 20.4. The summed E-state index contributed by atoms with van der Waals surface area (Å²) in [5.74, 6) is -0.238. The molecular formula is C24H26N2O3. The van der Waals surface area contributed by atoms with Crippen molar-refractivity contribution in [2.75, 3.05) is 6.54 Å². The molecule has 3 rings (SSSR count). The molecule has 2 aromatic carbocycles. The lowest BCUT2D eigenvalue weighted by molar-refractivity contribution is -0.121. The van der Waals surface area contributed by atoms with Crippen molar-refractivity contribution in [2.24, 2.45) is 0 Å². The number of furan rings is 1. The molecule has 1 aromatic heterocycles. The average molecular weight is 390 g/mol. The molecule has 29 heavy (non-hydrogen) atoms. The first-order valence-corrected chi connectivity index (χ1v) is 9.78. The molecular weight excluding hydrogens is 364 g/mol. The van der Waals surface area contributed by atoms with E-state index in [4.69, 9.17) is 4.42 Å². The Bertz CT molecular complexity index is 866. The van der Waals surface area contributed by atoms with Crippen molar-refractivity contribution in [1.29, 1.82) is 0 Å². The van der Waals surface area contributed by atoms with Gasteiger partial charge in [0.25, 0.3) is 5.91 Å².